The molecule has 3 rings (SSSR count). The van der Waals surface area contributed by atoms with E-state index in [1.807, 2.05) is 24.3 Å². The maximum absolute atomic E-state index is 13.6. The van der Waals surface area contributed by atoms with Crippen LogP contribution in [0.15, 0.2) is 42.5 Å². The first kappa shape index (κ1) is 21.1. The molecule has 1 heterocycles. The van der Waals surface area contributed by atoms with Gasteiger partial charge in [-0.3, -0.25) is 9.69 Å². The number of ether oxygens (including phenoxy) is 2. The second kappa shape index (κ2) is 9.71. The van der Waals surface area contributed by atoms with E-state index >= 15 is 0 Å². The summed E-state index contributed by atoms with van der Waals surface area (Å²) in [5.74, 6) is 1.03. The molecule has 0 saturated carbocycles. The van der Waals surface area contributed by atoms with Crippen LogP contribution in [0.2, 0.25) is 0 Å². The SMILES string of the molecule is CC[NH+](CC)CCN(C(=O)c1ccc(OC)cc1OC)c1nc2ccccc2s1. The summed E-state index contributed by atoms with van der Waals surface area (Å²) in [6.45, 7) is 7.80. The largest absolute Gasteiger partial charge is 0.497 e. The Morgan fingerprint density at radius 2 is 1.86 bits per heavy atom. The fourth-order valence-corrected chi connectivity index (χ4v) is 4.24. The van der Waals surface area contributed by atoms with Gasteiger partial charge in [0.2, 0.25) is 0 Å². The van der Waals surface area contributed by atoms with Gasteiger partial charge in [0.1, 0.15) is 11.5 Å². The van der Waals surface area contributed by atoms with Crippen molar-refractivity contribution < 1.29 is 19.2 Å². The van der Waals surface area contributed by atoms with Crippen molar-refractivity contribution in [1.82, 2.24) is 4.98 Å². The lowest BCUT2D eigenvalue weighted by atomic mass is 10.1. The zero-order valence-electron chi connectivity index (χ0n) is 17.4. The molecule has 0 aliphatic carbocycles. The van der Waals surface area contributed by atoms with E-state index in [1.165, 1.54) is 16.2 Å². The van der Waals surface area contributed by atoms with Crippen LogP contribution in [0.1, 0.15) is 24.2 Å². The maximum atomic E-state index is 13.6. The minimum Gasteiger partial charge on any atom is -0.497 e. The van der Waals surface area contributed by atoms with Crippen LogP contribution in [-0.2, 0) is 0 Å². The van der Waals surface area contributed by atoms with Gasteiger partial charge in [0.25, 0.3) is 5.91 Å². The van der Waals surface area contributed by atoms with Crippen LogP contribution in [0.5, 0.6) is 11.5 Å². The molecule has 0 radical (unpaired) electrons. The Bertz CT molecular complexity index is 936. The molecule has 1 N–H and O–H groups in total. The molecule has 0 saturated heterocycles. The Morgan fingerprint density at radius 3 is 2.52 bits per heavy atom. The first-order valence-electron chi connectivity index (χ1n) is 9.84. The van der Waals surface area contributed by atoms with Crippen molar-refractivity contribution in [3.05, 3.63) is 48.0 Å². The first-order chi connectivity index (χ1) is 14.1. The molecular formula is C22H28N3O3S+. The number of para-hydroxylation sites is 1. The van der Waals surface area contributed by atoms with Crippen LogP contribution in [0.3, 0.4) is 0 Å². The van der Waals surface area contributed by atoms with Crippen LogP contribution in [-0.4, -0.2) is 51.3 Å². The number of anilines is 1. The molecule has 0 aliphatic rings. The van der Waals surface area contributed by atoms with Gasteiger partial charge < -0.3 is 14.4 Å². The number of methoxy groups -OCH3 is 2. The predicted octanol–water partition coefficient (Wildman–Crippen LogP) is 2.89. The molecule has 0 unspecified atom stereocenters. The third-order valence-corrected chi connectivity index (χ3v) is 6.15. The molecule has 0 bridgehead atoms. The molecule has 154 valence electrons. The number of thiazole rings is 1. The third kappa shape index (κ3) is 4.68. The molecule has 29 heavy (non-hydrogen) atoms. The fraction of sp³-hybridized carbons (Fsp3) is 0.364. The van der Waals surface area contributed by atoms with Crippen LogP contribution >= 0.6 is 11.3 Å². The predicted molar refractivity (Wildman–Crippen MR) is 118 cm³/mol. The van der Waals surface area contributed by atoms with Crippen molar-refractivity contribution in [2.75, 3.05) is 45.3 Å². The lowest BCUT2D eigenvalue weighted by Gasteiger charge is -2.23. The van der Waals surface area contributed by atoms with Gasteiger partial charge in [0.15, 0.2) is 5.13 Å². The lowest BCUT2D eigenvalue weighted by molar-refractivity contribution is -0.894. The number of quaternary nitrogens is 1. The number of nitrogens with one attached hydrogen (secondary N) is 1. The lowest BCUT2D eigenvalue weighted by Crippen LogP contribution is -3.12. The van der Waals surface area contributed by atoms with Gasteiger partial charge in [-0.15, -0.1) is 0 Å². The van der Waals surface area contributed by atoms with Gasteiger partial charge >= 0.3 is 0 Å². The molecule has 0 spiro atoms. The van der Waals surface area contributed by atoms with Crippen molar-refractivity contribution in [1.29, 1.82) is 0 Å². The highest BCUT2D eigenvalue weighted by molar-refractivity contribution is 7.22. The highest BCUT2D eigenvalue weighted by atomic mass is 32.1. The van der Waals surface area contributed by atoms with Crippen LogP contribution in [0.4, 0.5) is 5.13 Å². The van der Waals surface area contributed by atoms with E-state index in [0.717, 1.165) is 29.9 Å². The Labute approximate surface area is 175 Å². The molecule has 1 amide bonds. The molecule has 0 aliphatic heterocycles. The van der Waals surface area contributed by atoms with Crippen molar-refractivity contribution in [2.24, 2.45) is 0 Å². The number of benzene rings is 2. The molecule has 7 heteroatoms. The van der Waals surface area contributed by atoms with E-state index in [1.54, 1.807) is 37.3 Å². The first-order valence-corrected chi connectivity index (χ1v) is 10.7. The van der Waals surface area contributed by atoms with Crippen molar-refractivity contribution >= 4 is 32.6 Å². The zero-order chi connectivity index (χ0) is 20.8. The van der Waals surface area contributed by atoms with Gasteiger partial charge in [-0.25, -0.2) is 4.98 Å². The van der Waals surface area contributed by atoms with Crippen LogP contribution < -0.4 is 19.3 Å². The summed E-state index contributed by atoms with van der Waals surface area (Å²) in [7, 11) is 3.16. The molecule has 1 aromatic heterocycles. The third-order valence-electron chi connectivity index (χ3n) is 5.09. The zero-order valence-corrected chi connectivity index (χ0v) is 18.2. The highest BCUT2D eigenvalue weighted by Gasteiger charge is 2.25. The number of fused-ring (bicyclic) bond motifs is 1. The monoisotopic (exact) mass is 414 g/mol. The summed E-state index contributed by atoms with van der Waals surface area (Å²) in [5.41, 5.74) is 1.41. The van der Waals surface area contributed by atoms with E-state index in [2.05, 4.69) is 13.8 Å². The normalized spacial score (nSPS) is 11.1. The summed E-state index contributed by atoms with van der Waals surface area (Å²) < 4.78 is 11.8. The average molecular weight is 415 g/mol. The molecule has 6 nitrogen and oxygen atoms in total. The number of carbonyl (C=O) groups excluding carboxylic acids is 1. The van der Waals surface area contributed by atoms with Crippen molar-refractivity contribution in [3.63, 3.8) is 0 Å². The second-order valence-corrected chi connectivity index (χ2v) is 7.70. The van der Waals surface area contributed by atoms with E-state index in [0.29, 0.717) is 28.7 Å². The van der Waals surface area contributed by atoms with Gasteiger partial charge in [-0.05, 0) is 38.1 Å². The standard InChI is InChI=1S/C22H27N3O3S/c1-5-24(6-2)13-14-25(22-23-18-9-7-8-10-20(18)29-22)21(26)17-12-11-16(27-3)15-19(17)28-4/h7-12,15H,5-6,13-14H2,1-4H3/p+1. The highest BCUT2D eigenvalue weighted by Crippen LogP contribution is 2.32. The summed E-state index contributed by atoms with van der Waals surface area (Å²) >= 11 is 1.54. The van der Waals surface area contributed by atoms with E-state index < -0.39 is 0 Å². The smallest absolute Gasteiger partial charge is 0.264 e. The average Bonchev–Trinajstić information content (AvgIpc) is 3.19. The minimum absolute atomic E-state index is 0.116. The summed E-state index contributed by atoms with van der Waals surface area (Å²) in [5, 5.41) is 0.709. The van der Waals surface area contributed by atoms with Crippen LogP contribution in [0.25, 0.3) is 10.2 Å². The van der Waals surface area contributed by atoms with E-state index in [9.17, 15) is 4.79 Å². The number of nitrogens with zero attached hydrogens (tertiary/aromatic N) is 2. The number of amides is 1. The van der Waals surface area contributed by atoms with Gasteiger partial charge in [0.05, 0.1) is 56.2 Å². The number of likely N-dealkylation sites (N-methyl/N-ethyl adjacent to an activating group) is 1. The fourth-order valence-electron chi connectivity index (χ4n) is 3.25. The maximum Gasteiger partial charge on any atom is 0.264 e. The number of carbonyl (C=O) groups is 1. The molecular weight excluding hydrogens is 386 g/mol. The Morgan fingerprint density at radius 1 is 1.10 bits per heavy atom. The Balaban J connectivity index is 1.98. The number of hydrogen-bond donors (Lipinski definition) is 1. The number of aromatic nitrogens is 1. The molecule has 3 aromatic rings. The Hall–Kier alpha value is -2.64. The summed E-state index contributed by atoms with van der Waals surface area (Å²) in [6.07, 6.45) is 0. The van der Waals surface area contributed by atoms with Gasteiger partial charge in [-0.1, -0.05) is 23.5 Å². The minimum atomic E-state index is -0.116. The van der Waals surface area contributed by atoms with E-state index in [4.69, 9.17) is 14.5 Å². The quantitative estimate of drug-likeness (QED) is 0.585. The molecule has 0 fully saturated rings. The van der Waals surface area contributed by atoms with Gasteiger partial charge in [-0.2, -0.15) is 0 Å². The number of rotatable bonds is 9. The summed E-state index contributed by atoms with van der Waals surface area (Å²) in [4.78, 5) is 21.5. The topological polar surface area (TPSA) is 56.1 Å². The van der Waals surface area contributed by atoms with Gasteiger partial charge in [0, 0.05) is 6.07 Å². The van der Waals surface area contributed by atoms with Crippen molar-refractivity contribution in [3.8, 4) is 11.5 Å². The van der Waals surface area contributed by atoms with Crippen LogP contribution in [0, 0.1) is 0 Å². The van der Waals surface area contributed by atoms with E-state index in [-0.39, 0.29) is 5.91 Å². The van der Waals surface area contributed by atoms with Crippen molar-refractivity contribution in [2.45, 2.75) is 13.8 Å². The second-order valence-electron chi connectivity index (χ2n) is 6.69. The Kier molecular flexibility index (Phi) is 7.06. The molecule has 2 aromatic carbocycles. The summed E-state index contributed by atoms with van der Waals surface area (Å²) in [6, 6.07) is 13.2. The number of hydrogen-bond acceptors (Lipinski definition) is 5. The molecule has 0 atom stereocenters.